The molecule has 3 nitrogen and oxygen atoms in total. The van der Waals surface area contributed by atoms with Gasteiger partial charge in [0.25, 0.3) is 5.79 Å². The van der Waals surface area contributed by atoms with E-state index in [1.165, 1.54) is 6.42 Å². The molecule has 1 fully saturated rings. The summed E-state index contributed by atoms with van der Waals surface area (Å²) in [4.78, 5) is 12.2. The Labute approximate surface area is 115 Å². The van der Waals surface area contributed by atoms with Crippen LogP contribution in [0.1, 0.15) is 64.7 Å². The van der Waals surface area contributed by atoms with Crippen molar-refractivity contribution in [2.24, 2.45) is 0 Å². The molecule has 19 heavy (non-hydrogen) atoms. The zero-order chi connectivity index (χ0) is 13.7. The molecule has 106 valence electrons. The van der Waals surface area contributed by atoms with Crippen LogP contribution in [0.2, 0.25) is 0 Å². The monoisotopic (exact) mass is 264 g/mol. The quantitative estimate of drug-likeness (QED) is 0.423. The molecule has 0 bridgehead atoms. The Hall–Kier alpha value is -1.25. The molecule has 2 rings (SSSR count). The van der Waals surface area contributed by atoms with E-state index >= 15 is 0 Å². The summed E-state index contributed by atoms with van der Waals surface area (Å²) >= 11 is 0. The van der Waals surface area contributed by atoms with Gasteiger partial charge in [-0.05, 0) is 45.4 Å². The summed E-state index contributed by atoms with van der Waals surface area (Å²) < 4.78 is 11.6. The predicted molar refractivity (Wildman–Crippen MR) is 74.4 cm³/mol. The molecule has 2 aliphatic rings. The molecular weight excluding hydrogens is 240 g/mol. The van der Waals surface area contributed by atoms with Gasteiger partial charge in [0, 0.05) is 12.8 Å². The highest BCUT2D eigenvalue weighted by molar-refractivity contribution is 5.89. The van der Waals surface area contributed by atoms with E-state index in [0.29, 0.717) is 0 Å². The van der Waals surface area contributed by atoms with Gasteiger partial charge >= 0.3 is 5.97 Å². The molecule has 1 aliphatic carbocycles. The second-order valence-electron chi connectivity index (χ2n) is 5.53. The summed E-state index contributed by atoms with van der Waals surface area (Å²) in [7, 11) is 0. The van der Waals surface area contributed by atoms with E-state index in [4.69, 9.17) is 9.47 Å². The maximum absolute atomic E-state index is 12.2. The number of carbonyl (C=O) groups excluding carboxylic acids is 1. The van der Waals surface area contributed by atoms with E-state index < -0.39 is 5.79 Å². The normalized spacial score (nSPS) is 22.1. The highest BCUT2D eigenvalue weighted by Crippen LogP contribution is 2.39. The van der Waals surface area contributed by atoms with Crippen molar-refractivity contribution in [3.63, 3.8) is 0 Å². The molecule has 3 heteroatoms. The van der Waals surface area contributed by atoms with Gasteiger partial charge in [0.2, 0.25) is 0 Å². The van der Waals surface area contributed by atoms with Gasteiger partial charge in [0.05, 0.1) is 5.57 Å². The first-order chi connectivity index (χ1) is 9.17. The molecule has 0 radical (unpaired) electrons. The fourth-order valence-corrected chi connectivity index (χ4v) is 2.90. The lowest BCUT2D eigenvalue weighted by Crippen LogP contribution is -2.43. The Morgan fingerprint density at radius 1 is 1.21 bits per heavy atom. The lowest BCUT2D eigenvalue weighted by Gasteiger charge is -2.40. The zero-order valence-corrected chi connectivity index (χ0v) is 11.9. The highest BCUT2D eigenvalue weighted by atomic mass is 16.7. The third-order valence-corrected chi connectivity index (χ3v) is 3.99. The Balaban J connectivity index is 1.98. The number of ether oxygens (including phenoxy) is 2. The van der Waals surface area contributed by atoms with Gasteiger partial charge in [0.1, 0.15) is 5.76 Å². The Morgan fingerprint density at radius 3 is 2.58 bits per heavy atom. The van der Waals surface area contributed by atoms with Crippen molar-refractivity contribution < 1.29 is 14.3 Å². The number of esters is 1. The number of hydrogen-bond acceptors (Lipinski definition) is 3. The number of allylic oxidation sites excluding steroid dienone is 2. The summed E-state index contributed by atoms with van der Waals surface area (Å²) in [5.74, 6) is -0.0367. The third kappa shape index (κ3) is 3.40. The Kier molecular flexibility index (Phi) is 4.67. The minimum absolute atomic E-state index is 0.163. The van der Waals surface area contributed by atoms with E-state index in [1.54, 1.807) is 0 Å². The molecule has 0 N–H and O–H groups in total. The molecule has 0 aromatic heterocycles. The van der Waals surface area contributed by atoms with Crippen molar-refractivity contribution in [1.29, 1.82) is 0 Å². The first-order valence-electron chi connectivity index (χ1n) is 7.40. The number of rotatable bonds is 5. The first kappa shape index (κ1) is 14.2. The van der Waals surface area contributed by atoms with Crippen LogP contribution in [0.25, 0.3) is 0 Å². The van der Waals surface area contributed by atoms with Crippen molar-refractivity contribution >= 4 is 5.97 Å². The molecule has 1 aliphatic heterocycles. The van der Waals surface area contributed by atoms with Gasteiger partial charge in [-0.2, -0.15) is 0 Å². The van der Waals surface area contributed by atoms with Crippen LogP contribution in [-0.4, -0.2) is 11.8 Å². The van der Waals surface area contributed by atoms with Crippen LogP contribution in [-0.2, 0) is 14.3 Å². The lowest BCUT2D eigenvalue weighted by molar-refractivity contribution is -0.234. The first-order valence-corrected chi connectivity index (χ1v) is 7.40. The van der Waals surface area contributed by atoms with Crippen LogP contribution >= 0.6 is 0 Å². The van der Waals surface area contributed by atoms with Crippen LogP contribution < -0.4 is 0 Å². The minimum Gasteiger partial charge on any atom is -0.456 e. The van der Waals surface area contributed by atoms with E-state index in [1.807, 2.05) is 13.0 Å². The van der Waals surface area contributed by atoms with Crippen molar-refractivity contribution in [3.8, 4) is 0 Å². The summed E-state index contributed by atoms with van der Waals surface area (Å²) in [5, 5.41) is 0. The molecule has 0 amide bonds. The smallest absolute Gasteiger partial charge is 0.340 e. The molecule has 1 heterocycles. The van der Waals surface area contributed by atoms with Crippen LogP contribution in [0.3, 0.4) is 0 Å². The van der Waals surface area contributed by atoms with Crippen LogP contribution in [0.5, 0.6) is 0 Å². The van der Waals surface area contributed by atoms with Crippen LogP contribution in [0, 0.1) is 0 Å². The molecular formula is C16H24O3. The highest BCUT2D eigenvalue weighted by Gasteiger charge is 2.42. The van der Waals surface area contributed by atoms with E-state index in [0.717, 1.165) is 62.7 Å². The van der Waals surface area contributed by atoms with Gasteiger partial charge in [-0.1, -0.05) is 12.5 Å². The van der Waals surface area contributed by atoms with Gasteiger partial charge in [-0.3, -0.25) is 0 Å². The van der Waals surface area contributed by atoms with E-state index in [-0.39, 0.29) is 5.97 Å². The fraction of sp³-hybridized carbons (Fsp3) is 0.688. The largest absolute Gasteiger partial charge is 0.456 e. The second-order valence-corrected chi connectivity index (χ2v) is 5.53. The minimum atomic E-state index is -0.649. The average molecular weight is 264 g/mol. The van der Waals surface area contributed by atoms with Gasteiger partial charge in [0.15, 0.2) is 0 Å². The van der Waals surface area contributed by atoms with Crippen molar-refractivity contribution in [2.45, 2.75) is 70.5 Å². The van der Waals surface area contributed by atoms with Crippen molar-refractivity contribution in [3.05, 3.63) is 24.0 Å². The average Bonchev–Trinajstić information content (AvgIpc) is 2.38. The molecule has 1 saturated carbocycles. The zero-order valence-electron chi connectivity index (χ0n) is 11.9. The molecule has 0 atom stereocenters. The topological polar surface area (TPSA) is 35.5 Å². The molecule has 1 spiro atoms. The Bertz CT molecular complexity index is 375. The summed E-state index contributed by atoms with van der Waals surface area (Å²) in [6.45, 7) is 5.61. The fourth-order valence-electron chi connectivity index (χ4n) is 2.90. The van der Waals surface area contributed by atoms with Gasteiger partial charge in [-0.15, -0.1) is 6.58 Å². The molecule has 0 saturated heterocycles. The Morgan fingerprint density at radius 2 is 1.95 bits per heavy atom. The standard InChI is InChI=1S/C16H24O3/c1-3-4-5-7-10-14-13(2)18-16(19-15(14)17)11-8-6-9-12-16/h3H,1,4-12H2,2H3. The molecule has 0 aromatic rings. The van der Waals surface area contributed by atoms with E-state index in [2.05, 4.69) is 6.58 Å². The summed E-state index contributed by atoms with van der Waals surface area (Å²) in [5.41, 5.74) is 0.722. The molecule has 0 aromatic carbocycles. The summed E-state index contributed by atoms with van der Waals surface area (Å²) in [6, 6.07) is 0. The van der Waals surface area contributed by atoms with Crippen molar-refractivity contribution in [2.75, 3.05) is 0 Å². The van der Waals surface area contributed by atoms with Crippen LogP contribution in [0.15, 0.2) is 24.0 Å². The van der Waals surface area contributed by atoms with E-state index in [9.17, 15) is 4.79 Å². The van der Waals surface area contributed by atoms with Gasteiger partial charge < -0.3 is 9.47 Å². The summed E-state index contributed by atoms with van der Waals surface area (Å²) in [6.07, 6.45) is 10.7. The van der Waals surface area contributed by atoms with Crippen molar-refractivity contribution in [1.82, 2.24) is 0 Å². The predicted octanol–water partition coefficient (Wildman–Crippen LogP) is 4.24. The third-order valence-electron chi connectivity index (χ3n) is 3.99. The maximum Gasteiger partial charge on any atom is 0.340 e. The maximum atomic E-state index is 12.2. The molecule has 0 unspecified atom stereocenters. The second kappa shape index (κ2) is 6.27. The lowest BCUT2D eigenvalue weighted by atomic mass is 9.92. The number of unbranched alkanes of at least 4 members (excludes halogenated alkanes) is 2. The SMILES string of the molecule is C=CCCCCC1=C(C)OC2(CCCCC2)OC1=O. The van der Waals surface area contributed by atoms with Gasteiger partial charge in [-0.25, -0.2) is 4.79 Å². The number of hydrogen-bond donors (Lipinski definition) is 0. The van der Waals surface area contributed by atoms with Crippen LogP contribution in [0.4, 0.5) is 0 Å². The number of carbonyl (C=O) groups is 1.